The number of ether oxygens (including phenoxy) is 3. The minimum atomic E-state index is -0.909. The predicted octanol–water partition coefficient (Wildman–Crippen LogP) is 4.09. The van der Waals surface area contributed by atoms with Gasteiger partial charge in [0.15, 0.2) is 11.9 Å². The number of furan rings is 1. The van der Waals surface area contributed by atoms with Gasteiger partial charge >= 0.3 is 12.1 Å². The Morgan fingerprint density at radius 1 is 1.11 bits per heavy atom. The zero-order valence-corrected chi connectivity index (χ0v) is 20.8. The highest BCUT2D eigenvalue weighted by atomic mass is 16.7. The number of rotatable bonds is 2. The van der Waals surface area contributed by atoms with E-state index < -0.39 is 52.2 Å². The highest BCUT2D eigenvalue weighted by Gasteiger charge is 2.88. The quantitative estimate of drug-likeness (QED) is 0.497. The molecule has 2 N–H and O–H groups in total. The van der Waals surface area contributed by atoms with Crippen LogP contribution in [0.2, 0.25) is 0 Å². The highest BCUT2D eigenvalue weighted by molar-refractivity contribution is 5.95. The van der Waals surface area contributed by atoms with Crippen LogP contribution < -0.4 is 5.73 Å². The third-order valence-electron chi connectivity index (χ3n) is 10.8. The zero-order chi connectivity index (χ0) is 25.2. The molecule has 8 heteroatoms. The number of allylic oxidation sites excluding steroid dienone is 2. The first-order chi connectivity index (χ1) is 16.3. The maximum atomic E-state index is 13.2. The van der Waals surface area contributed by atoms with Gasteiger partial charge in [-0.15, -0.1) is 0 Å². The SMILES string of the molecule is CC1(C)C(=O)C=C[C@@]2(C)C1C[C@@H](OC(N)=O)[C@]1(C)C2CC[C@@]2(C)[C@H](c3ccoc3)OC(=O)[C@H]3O[C@]321. The molecule has 2 saturated carbocycles. The molecule has 1 spiro atoms. The van der Waals surface area contributed by atoms with E-state index in [2.05, 4.69) is 26.8 Å². The summed E-state index contributed by atoms with van der Waals surface area (Å²) in [5.74, 6) is -0.416. The summed E-state index contributed by atoms with van der Waals surface area (Å²) < 4.78 is 23.7. The Morgan fingerprint density at radius 2 is 1.86 bits per heavy atom. The minimum absolute atomic E-state index is 0.0179. The summed E-state index contributed by atoms with van der Waals surface area (Å²) in [6, 6.07) is 1.82. The molecule has 2 saturated heterocycles. The summed E-state index contributed by atoms with van der Waals surface area (Å²) in [5, 5.41) is 0. The molecule has 0 radical (unpaired) electrons. The van der Waals surface area contributed by atoms with Crippen LogP contribution in [-0.4, -0.2) is 35.7 Å². The first-order valence-electron chi connectivity index (χ1n) is 12.4. The Hall–Kier alpha value is -2.61. The Balaban J connectivity index is 1.55. The van der Waals surface area contributed by atoms with E-state index >= 15 is 0 Å². The van der Waals surface area contributed by atoms with Crippen LogP contribution in [-0.2, 0) is 23.8 Å². The first kappa shape index (κ1) is 22.8. The van der Waals surface area contributed by atoms with Gasteiger partial charge in [0.25, 0.3) is 0 Å². The fourth-order valence-corrected chi connectivity index (χ4v) is 9.14. The number of hydrogen-bond acceptors (Lipinski definition) is 7. The summed E-state index contributed by atoms with van der Waals surface area (Å²) in [5.41, 5.74) is 3.17. The second kappa shape index (κ2) is 6.58. The average Bonchev–Trinajstić information content (AvgIpc) is 3.35. The van der Waals surface area contributed by atoms with Gasteiger partial charge in [0.1, 0.15) is 17.8 Å². The number of amides is 1. The number of fused-ring (bicyclic) bond motifs is 3. The molecule has 1 amide bonds. The number of ketones is 1. The van der Waals surface area contributed by atoms with Crippen LogP contribution in [0, 0.1) is 33.5 Å². The highest BCUT2D eigenvalue weighted by Crippen LogP contribution is 2.79. The summed E-state index contributed by atoms with van der Waals surface area (Å²) in [4.78, 5) is 38.4. The number of carbonyl (C=O) groups excluding carboxylic acids is 3. The van der Waals surface area contributed by atoms with Crippen LogP contribution in [0.3, 0.4) is 0 Å². The summed E-state index contributed by atoms with van der Waals surface area (Å²) in [7, 11) is 0. The number of esters is 1. The van der Waals surface area contributed by atoms with Crippen molar-refractivity contribution >= 4 is 17.8 Å². The molecule has 2 unspecified atom stereocenters. The third-order valence-corrected chi connectivity index (χ3v) is 10.8. The summed E-state index contributed by atoms with van der Waals surface area (Å²) in [6.07, 6.45) is 6.15. The van der Waals surface area contributed by atoms with Gasteiger partial charge in [-0.3, -0.25) is 4.79 Å². The van der Waals surface area contributed by atoms with E-state index in [-0.39, 0.29) is 23.0 Å². The lowest BCUT2D eigenvalue weighted by Crippen LogP contribution is -2.72. The van der Waals surface area contributed by atoms with Crippen LogP contribution >= 0.6 is 0 Å². The van der Waals surface area contributed by atoms with Gasteiger partial charge in [-0.2, -0.15) is 0 Å². The van der Waals surface area contributed by atoms with Crippen LogP contribution in [0.25, 0.3) is 0 Å². The van der Waals surface area contributed by atoms with Crippen LogP contribution in [0.15, 0.2) is 35.2 Å². The molecule has 9 atom stereocenters. The smallest absolute Gasteiger partial charge is 0.404 e. The van der Waals surface area contributed by atoms with Crippen molar-refractivity contribution in [2.45, 2.75) is 77.8 Å². The lowest BCUT2D eigenvalue weighted by molar-refractivity contribution is -0.245. The fourth-order valence-electron chi connectivity index (χ4n) is 9.14. The van der Waals surface area contributed by atoms with Gasteiger partial charge in [-0.05, 0) is 48.7 Å². The van der Waals surface area contributed by atoms with Gasteiger partial charge < -0.3 is 24.4 Å². The van der Waals surface area contributed by atoms with Crippen molar-refractivity contribution in [2.24, 2.45) is 39.2 Å². The molecule has 188 valence electrons. The van der Waals surface area contributed by atoms with E-state index in [0.717, 1.165) is 18.4 Å². The number of hydrogen-bond donors (Lipinski definition) is 1. The normalized spacial score (nSPS) is 49.1. The predicted molar refractivity (Wildman–Crippen MR) is 123 cm³/mol. The van der Waals surface area contributed by atoms with Gasteiger partial charge in [0, 0.05) is 21.8 Å². The van der Waals surface area contributed by atoms with Gasteiger partial charge in [-0.1, -0.05) is 40.7 Å². The number of epoxide rings is 1. The Labute approximate surface area is 204 Å². The molecule has 6 rings (SSSR count). The molecule has 0 bridgehead atoms. The number of nitrogens with two attached hydrogens (primary N) is 1. The van der Waals surface area contributed by atoms with E-state index in [4.69, 9.17) is 24.4 Å². The van der Waals surface area contributed by atoms with Gasteiger partial charge in [-0.25, -0.2) is 9.59 Å². The van der Waals surface area contributed by atoms with Crippen molar-refractivity contribution in [2.75, 3.05) is 0 Å². The van der Waals surface area contributed by atoms with Crippen LogP contribution in [0.5, 0.6) is 0 Å². The lowest BCUT2D eigenvalue weighted by atomic mass is 9.35. The summed E-state index contributed by atoms with van der Waals surface area (Å²) in [6.45, 7) is 10.3. The second-order valence-electron chi connectivity index (χ2n) is 12.4. The van der Waals surface area contributed by atoms with Crippen molar-refractivity contribution in [1.29, 1.82) is 0 Å². The molecule has 3 aliphatic carbocycles. The van der Waals surface area contributed by atoms with Crippen molar-refractivity contribution in [3.05, 3.63) is 36.3 Å². The fraction of sp³-hybridized carbons (Fsp3) is 0.667. The second-order valence-corrected chi connectivity index (χ2v) is 12.4. The lowest BCUT2D eigenvalue weighted by Gasteiger charge is -2.68. The maximum absolute atomic E-state index is 13.2. The number of cyclic esters (lactones) is 1. The van der Waals surface area contributed by atoms with Crippen LogP contribution in [0.4, 0.5) is 4.79 Å². The van der Waals surface area contributed by atoms with Crippen molar-refractivity contribution in [1.82, 2.24) is 0 Å². The molecule has 2 aliphatic heterocycles. The minimum Gasteiger partial charge on any atom is -0.472 e. The molecule has 0 aromatic carbocycles. The van der Waals surface area contributed by atoms with Gasteiger partial charge in [0.2, 0.25) is 0 Å². The molecule has 5 aliphatic rings. The number of carbonyl (C=O) groups is 3. The molecule has 3 heterocycles. The largest absolute Gasteiger partial charge is 0.472 e. The monoisotopic (exact) mass is 483 g/mol. The number of primary amides is 1. The van der Waals surface area contributed by atoms with Crippen LogP contribution in [0.1, 0.15) is 65.5 Å². The maximum Gasteiger partial charge on any atom is 0.404 e. The third kappa shape index (κ3) is 2.44. The Bertz CT molecular complexity index is 1160. The Kier molecular flexibility index (Phi) is 4.29. The van der Waals surface area contributed by atoms with E-state index in [9.17, 15) is 14.4 Å². The van der Waals surface area contributed by atoms with Crippen molar-refractivity contribution < 1.29 is 33.0 Å². The van der Waals surface area contributed by atoms with E-state index in [1.807, 2.05) is 19.9 Å². The molecular weight excluding hydrogens is 450 g/mol. The molecule has 1 aromatic rings. The topological polar surface area (TPSA) is 121 Å². The summed E-state index contributed by atoms with van der Waals surface area (Å²) >= 11 is 0. The van der Waals surface area contributed by atoms with E-state index in [0.29, 0.717) is 6.42 Å². The Morgan fingerprint density at radius 3 is 2.51 bits per heavy atom. The standard InChI is InChI=1S/C27H33NO7/c1-23(2)16-12-18(33-22(28)31)26(5)15(24(16,3)9-7-17(23)29)6-10-25(4)19(14-8-11-32-13-14)34-21(30)20-27(25,26)35-20/h7-9,11,13,15-16,18-20H,6,10,12H2,1-5H3,(H2,28,31)/t15?,16?,18-,19+,20-,24-,25+,26+,27-/m1/s1. The van der Waals surface area contributed by atoms with E-state index in [1.165, 1.54) is 0 Å². The van der Waals surface area contributed by atoms with Crippen molar-refractivity contribution in [3.63, 3.8) is 0 Å². The van der Waals surface area contributed by atoms with Crippen molar-refractivity contribution in [3.8, 4) is 0 Å². The molecule has 35 heavy (non-hydrogen) atoms. The zero-order valence-electron chi connectivity index (χ0n) is 20.8. The molecule has 8 nitrogen and oxygen atoms in total. The molecule has 1 aromatic heterocycles. The first-order valence-corrected chi connectivity index (χ1v) is 12.4. The van der Waals surface area contributed by atoms with Gasteiger partial charge in [0.05, 0.1) is 12.5 Å². The van der Waals surface area contributed by atoms with E-state index in [1.54, 1.807) is 18.6 Å². The average molecular weight is 484 g/mol. The molecule has 4 fully saturated rings. The molecular formula is C27H33NO7.